The van der Waals surface area contributed by atoms with E-state index in [0.29, 0.717) is 11.3 Å². The largest absolute Gasteiger partial charge is 0.452 e. The Balaban J connectivity index is 1.88. The first-order valence-corrected chi connectivity index (χ1v) is 9.59. The van der Waals surface area contributed by atoms with Gasteiger partial charge in [-0.2, -0.15) is 0 Å². The minimum atomic E-state index is -0.866. The molecule has 0 radical (unpaired) electrons. The van der Waals surface area contributed by atoms with E-state index < -0.39 is 24.6 Å². The van der Waals surface area contributed by atoms with E-state index in [1.165, 1.54) is 0 Å². The van der Waals surface area contributed by atoms with Crippen LogP contribution in [0.15, 0.2) is 29.3 Å². The Morgan fingerprint density at radius 1 is 1.28 bits per heavy atom. The average Bonchev–Trinajstić information content (AvgIpc) is 3.12. The van der Waals surface area contributed by atoms with E-state index >= 15 is 0 Å². The zero-order chi connectivity index (χ0) is 18.1. The highest BCUT2D eigenvalue weighted by molar-refractivity contribution is 8.38. The van der Waals surface area contributed by atoms with Crippen molar-refractivity contribution in [2.24, 2.45) is 4.99 Å². The van der Waals surface area contributed by atoms with Crippen molar-refractivity contribution in [2.75, 3.05) is 25.5 Å². The van der Waals surface area contributed by atoms with Gasteiger partial charge in [-0.15, -0.1) is 0 Å². The van der Waals surface area contributed by atoms with Crippen molar-refractivity contribution in [3.8, 4) is 0 Å². The summed E-state index contributed by atoms with van der Waals surface area (Å²) < 4.78 is 10.6. The van der Waals surface area contributed by atoms with E-state index in [1.807, 2.05) is 17.4 Å². The van der Waals surface area contributed by atoms with Crippen molar-refractivity contribution in [2.45, 2.75) is 12.7 Å². The highest BCUT2D eigenvalue weighted by Gasteiger charge is 2.17. The molecule has 1 aromatic rings. The van der Waals surface area contributed by atoms with E-state index in [-0.39, 0.29) is 6.61 Å². The van der Waals surface area contributed by atoms with E-state index in [4.69, 9.17) is 4.74 Å². The van der Waals surface area contributed by atoms with Crippen LogP contribution in [0, 0.1) is 0 Å². The number of nitrogens with zero attached hydrogens (tertiary/aromatic N) is 1. The number of esters is 1. The van der Waals surface area contributed by atoms with E-state index in [2.05, 4.69) is 9.73 Å². The molecule has 0 spiro atoms. The van der Waals surface area contributed by atoms with Crippen LogP contribution in [-0.4, -0.2) is 47.9 Å². The summed E-state index contributed by atoms with van der Waals surface area (Å²) in [4.78, 5) is 39.2. The van der Waals surface area contributed by atoms with Crippen molar-refractivity contribution >= 4 is 45.9 Å². The number of ether oxygens (including phenoxy) is 2. The summed E-state index contributed by atoms with van der Waals surface area (Å²) in [5, 5.41) is 1.96. The Kier molecular flexibility index (Phi) is 7.80. The number of alkyl carbamates (subject to hydrolysis) is 1. The fraction of sp³-hybridized carbons (Fsp3) is 0.375. The standard InChI is InChI=1S/C16H18N2O5S2/c1-2-22-15(21)18-13(19)9-23-14(20)12-6-4-3-5-11(12)10-25-16-17-7-8-24-16/h3-6H,2,7-10H2,1H3,(H,18,19,21). The molecule has 0 aliphatic carbocycles. The van der Waals surface area contributed by atoms with E-state index in [9.17, 15) is 14.4 Å². The molecule has 9 heteroatoms. The molecule has 1 N–H and O–H groups in total. The summed E-state index contributed by atoms with van der Waals surface area (Å²) in [5.74, 6) is 0.222. The van der Waals surface area contributed by atoms with Gasteiger partial charge in [0.2, 0.25) is 0 Å². The van der Waals surface area contributed by atoms with Gasteiger partial charge >= 0.3 is 12.1 Å². The summed E-state index contributed by atoms with van der Waals surface area (Å²) in [6.07, 6.45) is -0.866. The van der Waals surface area contributed by atoms with Crippen LogP contribution in [-0.2, 0) is 20.0 Å². The number of rotatable bonds is 6. The van der Waals surface area contributed by atoms with Crippen LogP contribution in [0.1, 0.15) is 22.8 Å². The third kappa shape index (κ3) is 6.43. The fourth-order valence-corrected chi connectivity index (χ4v) is 3.93. The Morgan fingerprint density at radius 3 is 2.80 bits per heavy atom. The molecule has 7 nitrogen and oxygen atoms in total. The monoisotopic (exact) mass is 382 g/mol. The number of nitrogens with one attached hydrogen (secondary N) is 1. The smallest absolute Gasteiger partial charge is 0.413 e. The molecule has 1 aliphatic heterocycles. The van der Waals surface area contributed by atoms with Crippen LogP contribution in [0.25, 0.3) is 0 Å². The number of carbonyl (C=O) groups is 3. The molecule has 0 saturated carbocycles. The lowest BCUT2D eigenvalue weighted by Crippen LogP contribution is -2.34. The van der Waals surface area contributed by atoms with Crippen LogP contribution in [0.4, 0.5) is 4.79 Å². The lowest BCUT2D eigenvalue weighted by Gasteiger charge is -2.09. The first-order chi connectivity index (χ1) is 12.1. The van der Waals surface area contributed by atoms with E-state index in [0.717, 1.165) is 22.2 Å². The van der Waals surface area contributed by atoms with Gasteiger partial charge < -0.3 is 9.47 Å². The molecule has 2 rings (SSSR count). The van der Waals surface area contributed by atoms with E-state index in [1.54, 1.807) is 42.6 Å². The number of aliphatic imine (C=N–C) groups is 1. The Morgan fingerprint density at radius 2 is 2.08 bits per heavy atom. The molecule has 1 aliphatic rings. The van der Waals surface area contributed by atoms with Gasteiger partial charge in [0, 0.05) is 11.5 Å². The van der Waals surface area contributed by atoms with Gasteiger partial charge in [0.1, 0.15) is 4.38 Å². The average molecular weight is 382 g/mol. The second-order valence-electron chi connectivity index (χ2n) is 4.79. The number of hydrogen-bond donors (Lipinski definition) is 1. The second-order valence-corrected chi connectivity index (χ2v) is 7.09. The van der Waals surface area contributed by atoms with Crippen LogP contribution in [0.2, 0.25) is 0 Å². The molecule has 0 unspecified atom stereocenters. The highest BCUT2D eigenvalue weighted by atomic mass is 32.2. The summed E-state index contributed by atoms with van der Waals surface area (Å²) in [6, 6.07) is 7.04. The van der Waals surface area contributed by atoms with Gasteiger partial charge in [-0.3, -0.25) is 15.1 Å². The molecule has 0 aromatic heterocycles. The van der Waals surface area contributed by atoms with Crippen LogP contribution < -0.4 is 5.32 Å². The molecule has 0 atom stereocenters. The Hall–Kier alpha value is -2.00. The molecule has 2 amide bonds. The Bertz CT molecular complexity index is 678. The highest BCUT2D eigenvalue weighted by Crippen LogP contribution is 2.26. The lowest BCUT2D eigenvalue weighted by molar-refractivity contribution is -0.123. The molecule has 1 heterocycles. The minimum Gasteiger partial charge on any atom is -0.452 e. The fourth-order valence-electron chi connectivity index (χ4n) is 1.91. The van der Waals surface area contributed by atoms with Crippen molar-refractivity contribution in [3.63, 3.8) is 0 Å². The maximum atomic E-state index is 12.2. The van der Waals surface area contributed by atoms with Gasteiger partial charge in [-0.05, 0) is 18.6 Å². The van der Waals surface area contributed by atoms with Crippen molar-refractivity contribution in [1.82, 2.24) is 5.32 Å². The molecule has 0 fully saturated rings. The van der Waals surface area contributed by atoms with Crippen molar-refractivity contribution in [3.05, 3.63) is 35.4 Å². The molecule has 134 valence electrons. The SMILES string of the molecule is CCOC(=O)NC(=O)COC(=O)c1ccccc1CSC1=NCCS1. The predicted molar refractivity (Wildman–Crippen MR) is 97.9 cm³/mol. The molecular weight excluding hydrogens is 364 g/mol. The van der Waals surface area contributed by atoms with Crippen molar-refractivity contribution < 1.29 is 23.9 Å². The van der Waals surface area contributed by atoms with Crippen LogP contribution in [0.5, 0.6) is 0 Å². The number of thioether (sulfide) groups is 2. The summed E-state index contributed by atoms with van der Waals surface area (Å²) in [6.45, 7) is 2.04. The van der Waals surface area contributed by atoms with Gasteiger partial charge in [-0.1, -0.05) is 41.7 Å². The molecular formula is C16H18N2O5S2. The van der Waals surface area contributed by atoms with Gasteiger partial charge in [-0.25, -0.2) is 9.59 Å². The maximum Gasteiger partial charge on any atom is 0.413 e. The molecule has 25 heavy (non-hydrogen) atoms. The lowest BCUT2D eigenvalue weighted by atomic mass is 10.1. The summed E-state index contributed by atoms with van der Waals surface area (Å²) in [7, 11) is 0. The van der Waals surface area contributed by atoms with Crippen LogP contribution in [0.3, 0.4) is 0 Å². The summed E-state index contributed by atoms with van der Waals surface area (Å²) >= 11 is 3.27. The maximum absolute atomic E-state index is 12.2. The number of imide groups is 1. The molecule has 0 bridgehead atoms. The number of benzene rings is 1. The summed E-state index contributed by atoms with van der Waals surface area (Å²) in [5.41, 5.74) is 1.20. The minimum absolute atomic E-state index is 0.146. The predicted octanol–water partition coefficient (Wildman–Crippen LogP) is 2.45. The topological polar surface area (TPSA) is 94.1 Å². The van der Waals surface area contributed by atoms with Gasteiger partial charge in [0.25, 0.3) is 5.91 Å². The van der Waals surface area contributed by atoms with Crippen LogP contribution >= 0.6 is 23.5 Å². The van der Waals surface area contributed by atoms with Gasteiger partial charge in [0.15, 0.2) is 6.61 Å². The zero-order valence-corrected chi connectivity index (χ0v) is 15.3. The number of hydrogen-bond acceptors (Lipinski definition) is 8. The molecule has 0 saturated heterocycles. The molecule has 1 aromatic carbocycles. The number of amides is 2. The second kappa shape index (κ2) is 10.1. The first-order valence-electron chi connectivity index (χ1n) is 7.61. The Labute approximate surface area is 153 Å². The number of carbonyl (C=O) groups excluding carboxylic acids is 3. The van der Waals surface area contributed by atoms with Crippen molar-refractivity contribution in [1.29, 1.82) is 0 Å². The first kappa shape index (κ1) is 19.3. The normalized spacial score (nSPS) is 13.1. The van der Waals surface area contributed by atoms with Gasteiger partial charge in [0.05, 0.1) is 18.7 Å². The third-order valence-corrected chi connectivity index (χ3v) is 5.30. The zero-order valence-electron chi connectivity index (χ0n) is 13.6. The third-order valence-electron chi connectivity index (χ3n) is 3.00. The quantitative estimate of drug-likeness (QED) is 0.755.